The van der Waals surface area contributed by atoms with Crippen LogP contribution in [0.4, 0.5) is 5.95 Å². The van der Waals surface area contributed by atoms with Crippen LogP contribution >= 0.6 is 0 Å². The van der Waals surface area contributed by atoms with E-state index in [1.165, 1.54) is 6.42 Å². The Balaban J connectivity index is 1.99. The second-order valence-corrected chi connectivity index (χ2v) is 4.00. The quantitative estimate of drug-likeness (QED) is 0.759. The van der Waals surface area contributed by atoms with Crippen LogP contribution in [-0.4, -0.2) is 36.2 Å². The van der Waals surface area contributed by atoms with Gasteiger partial charge in [0.15, 0.2) is 0 Å². The van der Waals surface area contributed by atoms with Crippen LogP contribution in [0, 0.1) is 5.92 Å². The van der Waals surface area contributed by atoms with Gasteiger partial charge >= 0.3 is 0 Å². The van der Waals surface area contributed by atoms with Gasteiger partial charge in [0, 0.05) is 32.5 Å². The van der Waals surface area contributed by atoms with Crippen LogP contribution in [0.5, 0.6) is 0 Å². The zero-order valence-corrected chi connectivity index (χ0v) is 8.90. The monoisotopic (exact) mass is 194 g/mol. The summed E-state index contributed by atoms with van der Waals surface area (Å²) in [6.07, 6.45) is 5.13. The Labute approximate surface area is 84.9 Å². The largest absolute Gasteiger partial charge is 0.342 e. The summed E-state index contributed by atoms with van der Waals surface area (Å²) >= 11 is 0. The summed E-state index contributed by atoms with van der Waals surface area (Å²) in [5.74, 6) is 1.88. The molecule has 14 heavy (non-hydrogen) atoms. The second-order valence-electron chi connectivity index (χ2n) is 4.00. The second kappa shape index (κ2) is 4.00. The first-order valence-electron chi connectivity index (χ1n) is 5.18. The van der Waals surface area contributed by atoms with Crippen LogP contribution in [0.2, 0.25) is 0 Å². The molecule has 1 saturated heterocycles. The highest BCUT2D eigenvalue weighted by Crippen LogP contribution is 2.20. The Hall–Kier alpha value is -1.03. The topological polar surface area (TPSA) is 33.1 Å². The molecule has 0 amide bonds. The zero-order valence-electron chi connectivity index (χ0n) is 8.90. The molecule has 1 unspecified atom stereocenters. The van der Waals surface area contributed by atoms with Crippen LogP contribution in [0.25, 0.3) is 0 Å². The Bertz CT molecular complexity index is 294. The van der Waals surface area contributed by atoms with Crippen molar-refractivity contribution >= 4 is 5.95 Å². The maximum absolute atomic E-state index is 4.36. The minimum absolute atomic E-state index is 0.775. The van der Waals surface area contributed by atoms with E-state index >= 15 is 0 Å². The molecule has 1 aromatic rings. The molecule has 0 aromatic carbocycles. The van der Waals surface area contributed by atoms with Gasteiger partial charge in [-0.25, -0.2) is 4.98 Å². The molecular formula is C10H18N4. The maximum Gasteiger partial charge on any atom is 0.205 e. The van der Waals surface area contributed by atoms with Gasteiger partial charge in [-0.3, -0.25) is 0 Å². The Morgan fingerprint density at radius 3 is 3.14 bits per heavy atom. The Kier molecular flexibility index (Phi) is 2.72. The third-order valence-corrected chi connectivity index (χ3v) is 2.86. The van der Waals surface area contributed by atoms with Crippen molar-refractivity contribution in [2.45, 2.75) is 6.42 Å². The standard InChI is InChI=1S/C10H18N4/c1-11-7-9-3-5-14(8-9)10-12-4-6-13(10)2/h4,6,9,11H,3,5,7-8H2,1-2H3. The highest BCUT2D eigenvalue weighted by atomic mass is 15.3. The van der Waals surface area contributed by atoms with E-state index in [9.17, 15) is 0 Å². The van der Waals surface area contributed by atoms with Crippen molar-refractivity contribution < 1.29 is 0 Å². The van der Waals surface area contributed by atoms with Gasteiger partial charge in [-0.1, -0.05) is 0 Å². The molecule has 0 spiro atoms. The highest BCUT2D eigenvalue weighted by molar-refractivity contribution is 5.32. The van der Waals surface area contributed by atoms with E-state index in [0.29, 0.717) is 0 Å². The highest BCUT2D eigenvalue weighted by Gasteiger charge is 2.23. The van der Waals surface area contributed by atoms with Gasteiger partial charge < -0.3 is 14.8 Å². The predicted octanol–water partition coefficient (Wildman–Crippen LogP) is 0.466. The number of nitrogens with zero attached hydrogens (tertiary/aromatic N) is 3. The van der Waals surface area contributed by atoms with Crippen LogP contribution in [0.1, 0.15) is 6.42 Å². The van der Waals surface area contributed by atoms with Crippen molar-refractivity contribution in [1.29, 1.82) is 0 Å². The van der Waals surface area contributed by atoms with E-state index in [1.54, 1.807) is 0 Å². The fraction of sp³-hybridized carbons (Fsp3) is 0.700. The number of nitrogens with one attached hydrogen (secondary N) is 1. The van der Waals surface area contributed by atoms with Crippen LogP contribution in [-0.2, 0) is 7.05 Å². The Morgan fingerprint density at radius 2 is 2.50 bits per heavy atom. The molecule has 4 nitrogen and oxygen atoms in total. The molecular weight excluding hydrogens is 176 g/mol. The average Bonchev–Trinajstić information content (AvgIpc) is 2.74. The summed E-state index contributed by atoms with van der Waals surface area (Å²) in [6, 6.07) is 0. The van der Waals surface area contributed by atoms with Gasteiger partial charge in [-0.05, 0) is 25.9 Å². The molecule has 78 valence electrons. The fourth-order valence-corrected chi connectivity index (χ4v) is 2.13. The van der Waals surface area contributed by atoms with E-state index in [4.69, 9.17) is 0 Å². The number of hydrogen-bond donors (Lipinski definition) is 1. The first-order valence-corrected chi connectivity index (χ1v) is 5.18. The van der Waals surface area contributed by atoms with Crippen molar-refractivity contribution in [3.63, 3.8) is 0 Å². The minimum atomic E-state index is 0.775. The molecule has 1 N–H and O–H groups in total. The van der Waals surface area contributed by atoms with Crippen molar-refractivity contribution in [3.05, 3.63) is 12.4 Å². The number of aryl methyl sites for hydroxylation is 1. The molecule has 0 radical (unpaired) electrons. The minimum Gasteiger partial charge on any atom is -0.342 e. The third kappa shape index (κ3) is 1.75. The number of imidazole rings is 1. The van der Waals surface area contributed by atoms with Gasteiger partial charge in [0.1, 0.15) is 0 Å². The third-order valence-electron chi connectivity index (χ3n) is 2.86. The molecule has 1 aliphatic heterocycles. The van der Waals surface area contributed by atoms with Gasteiger partial charge in [-0.15, -0.1) is 0 Å². The van der Waals surface area contributed by atoms with Crippen molar-refractivity contribution in [1.82, 2.24) is 14.9 Å². The molecule has 1 atom stereocenters. The van der Waals surface area contributed by atoms with Gasteiger partial charge in [-0.2, -0.15) is 0 Å². The number of rotatable bonds is 3. The summed E-state index contributed by atoms with van der Waals surface area (Å²) in [5.41, 5.74) is 0. The lowest BCUT2D eigenvalue weighted by molar-refractivity contribution is 0.548. The normalized spacial score (nSPS) is 21.9. The van der Waals surface area contributed by atoms with E-state index in [0.717, 1.165) is 31.5 Å². The van der Waals surface area contributed by atoms with Crippen LogP contribution in [0.15, 0.2) is 12.4 Å². The van der Waals surface area contributed by atoms with Gasteiger partial charge in [0.2, 0.25) is 5.95 Å². The smallest absolute Gasteiger partial charge is 0.205 e. The lowest BCUT2D eigenvalue weighted by atomic mass is 10.1. The molecule has 2 rings (SSSR count). The van der Waals surface area contributed by atoms with E-state index in [2.05, 4.69) is 19.8 Å². The lowest BCUT2D eigenvalue weighted by Gasteiger charge is -2.17. The van der Waals surface area contributed by atoms with E-state index in [-0.39, 0.29) is 0 Å². The summed E-state index contributed by atoms with van der Waals surface area (Å²) in [4.78, 5) is 6.72. The molecule has 1 fully saturated rings. The lowest BCUT2D eigenvalue weighted by Crippen LogP contribution is -2.26. The van der Waals surface area contributed by atoms with Gasteiger partial charge in [0.05, 0.1) is 0 Å². The van der Waals surface area contributed by atoms with Crippen LogP contribution < -0.4 is 10.2 Å². The first kappa shape index (κ1) is 9.52. The molecule has 1 aromatic heterocycles. The molecule has 2 heterocycles. The summed E-state index contributed by atoms with van der Waals surface area (Å²) in [5, 5.41) is 3.24. The Morgan fingerprint density at radius 1 is 1.64 bits per heavy atom. The molecule has 1 aliphatic rings. The number of aromatic nitrogens is 2. The maximum atomic E-state index is 4.36. The molecule has 0 aliphatic carbocycles. The van der Waals surface area contributed by atoms with Gasteiger partial charge in [0.25, 0.3) is 0 Å². The van der Waals surface area contributed by atoms with Crippen molar-refractivity contribution in [2.24, 2.45) is 13.0 Å². The summed E-state index contributed by atoms with van der Waals surface area (Å²) < 4.78 is 2.09. The predicted molar refractivity (Wildman–Crippen MR) is 57.5 cm³/mol. The first-order chi connectivity index (χ1) is 6.81. The number of hydrogen-bond acceptors (Lipinski definition) is 3. The van der Waals surface area contributed by atoms with Crippen molar-refractivity contribution in [2.75, 3.05) is 31.6 Å². The SMILES string of the molecule is CNCC1CCN(c2nccn2C)C1. The fourth-order valence-electron chi connectivity index (χ4n) is 2.13. The summed E-state index contributed by atoms with van der Waals surface area (Å²) in [7, 11) is 4.07. The van der Waals surface area contributed by atoms with E-state index < -0.39 is 0 Å². The van der Waals surface area contributed by atoms with E-state index in [1.807, 2.05) is 26.5 Å². The van der Waals surface area contributed by atoms with Crippen LogP contribution in [0.3, 0.4) is 0 Å². The molecule has 4 heteroatoms. The molecule has 0 bridgehead atoms. The molecule has 0 saturated carbocycles. The van der Waals surface area contributed by atoms with Crippen molar-refractivity contribution in [3.8, 4) is 0 Å². The zero-order chi connectivity index (χ0) is 9.97. The number of anilines is 1. The average molecular weight is 194 g/mol. The summed E-state index contributed by atoms with van der Waals surface area (Å²) in [6.45, 7) is 3.38.